The number of pyridine rings is 3. The Morgan fingerprint density at radius 3 is 1.99 bits per heavy atom. The molecule has 380 valence electrons. The van der Waals surface area contributed by atoms with Crippen molar-refractivity contribution < 1.29 is 13.9 Å². The number of fused-ring (bicyclic) bond motifs is 4. The molecule has 0 amide bonds. The van der Waals surface area contributed by atoms with Crippen molar-refractivity contribution in [3.05, 3.63) is 130 Å². The third-order valence-corrected chi connectivity index (χ3v) is 18.3. The highest BCUT2D eigenvalue weighted by Crippen LogP contribution is 2.64. The van der Waals surface area contributed by atoms with Gasteiger partial charge in [0.2, 0.25) is 5.65 Å². The van der Waals surface area contributed by atoms with Crippen LogP contribution in [0, 0.1) is 41.2 Å². The monoisotopic (exact) mass is 1060 g/mol. The smallest absolute Gasteiger partial charge is 0.202 e. The molecule has 0 spiro atoms. The van der Waals surface area contributed by atoms with Crippen LogP contribution >= 0.6 is 35.0 Å². The number of nitrogens with two attached hydrogens (primary N) is 3. The van der Waals surface area contributed by atoms with E-state index in [2.05, 4.69) is 44.8 Å². The number of hydrogen-bond donors (Lipinski definition) is 5. The summed E-state index contributed by atoms with van der Waals surface area (Å²) in [4.78, 5) is 39.4. The van der Waals surface area contributed by atoms with Crippen LogP contribution in [0.2, 0.25) is 10.0 Å². The van der Waals surface area contributed by atoms with Crippen LogP contribution in [0.3, 0.4) is 0 Å². The highest BCUT2D eigenvalue weighted by atomic mass is 35.5. The molecule has 2 saturated carbocycles. The van der Waals surface area contributed by atoms with E-state index in [4.69, 9.17) is 55.4 Å². The van der Waals surface area contributed by atoms with Gasteiger partial charge >= 0.3 is 0 Å². The van der Waals surface area contributed by atoms with Crippen molar-refractivity contribution in [1.82, 2.24) is 45.1 Å². The van der Waals surface area contributed by atoms with Crippen molar-refractivity contribution in [3.8, 4) is 11.3 Å². The van der Waals surface area contributed by atoms with Crippen LogP contribution in [0.4, 0.5) is 32.1 Å². The summed E-state index contributed by atoms with van der Waals surface area (Å²) in [6.07, 6.45) is 9.58. The number of aromatic nitrogens is 9. The molecule has 16 nitrogen and oxygen atoms in total. The van der Waals surface area contributed by atoms with E-state index in [1.54, 1.807) is 43.0 Å². The zero-order valence-electron chi connectivity index (χ0n) is 40.1. The summed E-state index contributed by atoms with van der Waals surface area (Å²) in [6.45, 7) is 5.74. The van der Waals surface area contributed by atoms with Gasteiger partial charge in [0.25, 0.3) is 0 Å². The molecule has 5 aliphatic rings. The maximum Gasteiger partial charge on any atom is 0.202 e. The van der Waals surface area contributed by atoms with Crippen LogP contribution in [0.5, 0.6) is 0 Å². The SMILES string of the molecule is NC[C@]1(c2ccccc2F)[C@@H]2CCN(c3ccc4nc(Sc5ccnc(N)c5Cl)cnc4n3)C[C@@H]21.NC[C@]1(c2ccccc2F)[C@@H]2CCN(c3cnc4c(-c5ccnc(N6CC[C@H](CO)C6)c5Cl)[nH]nc4n3)C[C@@H]21. The zero-order chi connectivity index (χ0) is 50.9. The molecular formula is C53H53Cl2F2N15OS. The minimum atomic E-state index is -0.320. The van der Waals surface area contributed by atoms with Crippen LogP contribution in [0.25, 0.3) is 33.6 Å². The lowest BCUT2D eigenvalue weighted by Crippen LogP contribution is -2.32. The summed E-state index contributed by atoms with van der Waals surface area (Å²) in [5.41, 5.74) is 23.0. The van der Waals surface area contributed by atoms with Gasteiger partial charge in [-0.1, -0.05) is 71.4 Å². The Hall–Kier alpha value is -6.35. The van der Waals surface area contributed by atoms with Crippen molar-refractivity contribution in [1.29, 1.82) is 0 Å². The second-order valence-electron chi connectivity index (χ2n) is 20.0. The summed E-state index contributed by atoms with van der Waals surface area (Å²) in [6, 6.07) is 21.6. The molecular weight excluding hydrogens is 1000 g/mol. The third kappa shape index (κ3) is 8.22. The van der Waals surface area contributed by atoms with Gasteiger partial charge < -0.3 is 37.0 Å². The summed E-state index contributed by atoms with van der Waals surface area (Å²) in [5.74, 6) is 3.81. The quantitative estimate of drug-likeness (QED) is 0.0837. The predicted molar refractivity (Wildman–Crippen MR) is 284 cm³/mol. The second-order valence-corrected chi connectivity index (χ2v) is 21.8. The average molecular weight is 1060 g/mol. The Morgan fingerprint density at radius 1 is 0.676 bits per heavy atom. The minimum Gasteiger partial charge on any atom is -0.396 e. The molecule has 9 heterocycles. The molecule has 3 aliphatic heterocycles. The highest BCUT2D eigenvalue weighted by molar-refractivity contribution is 7.99. The summed E-state index contributed by atoms with van der Waals surface area (Å²) in [7, 11) is 0. The van der Waals surface area contributed by atoms with Crippen molar-refractivity contribution in [2.75, 3.05) is 79.4 Å². The van der Waals surface area contributed by atoms with Gasteiger partial charge in [-0.3, -0.25) is 5.10 Å². The zero-order valence-corrected chi connectivity index (χ0v) is 42.5. The molecule has 5 fully saturated rings. The second kappa shape index (κ2) is 19.4. The number of H-pyrrole nitrogens is 1. The first-order valence-electron chi connectivity index (χ1n) is 24.9. The molecule has 21 heteroatoms. The molecule has 8 aromatic rings. The first-order valence-corrected chi connectivity index (χ1v) is 26.5. The normalized spacial score (nSPS) is 24.9. The third-order valence-electron chi connectivity index (χ3n) is 16.4. The number of nitrogen functional groups attached to an aromatic ring is 1. The van der Waals surface area contributed by atoms with E-state index in [1.807, 2.05) is 42.5 Å². The van der Waals surface area contributed by atoms with Crippen LogP contribution in [0.1, 0.15) is 30.4 Å². The summed E-state index contributed by atoms with van der Waals surface area (Å²) < 4.78 is 29.4. The molecule has 8 N–H and O–H groups in total. The van der Waals surface area contributed by atoms with Gasteiger partial charge in [-0.15, -0.1) is 0 Å². The van der Waals surface area contributed by atoms with Gasteiger partial charge in [0.15, 0.2) is 5.65 Å². The maximum atomic E-state index is 14.7. The largest absolute Gasteiger partial charge is 0.396 e. The van der Waals surface area contributed by atoms with Crippen molar-refractivity contribution in [2.45, 2.75) is 40.0 Å². The Bertz CT molecular complexity index is 3430. The van der Waals surface area contributed by atoms with Gasteiger partial charge in [0, 0.05) is 98.6 Å². The number of halogens is 4. The molecule has 0 bridgehead atoms. The molecule has 3 saturated heterocycles. The first-order chi connectivity index (χ1) is 36.1. The Labute approximate surface area is 439 Å². The van der Waals surface area contributed by atoms with Gasteiger partial charge in [-0.25, -0.2) is 43.7 Å². The van der Waals surface area contributed by atoms with Crippen molar-refractivity contribution in [3.63, 3.8) is 0 Å². The van der Waals surface area contributed by atoms with E-state index in [0.717, 1.165) is 91.8 Å². The fourth-order valence-electron chi connectivity index (χ4n) is 12.6. The molecule has 13 rings (SSSR count). The molecule has 0 unspecified atom stereocenters. The molecule has 6 aromatic heterocycles. The molecule has 7 atom stereocenters. The molecule has 74 heavy (non-hydrogen) atoms. The molecule has 2 aliphatic carbocycles. The number of rotatable bonds is 11. The van der Waals surface area contributed by atoms with E-state index in [1.165, 1.54) is 23.9 Å². The van der Waals surface area contributed by atoms with Crippen LogP contribution in [-0.2, 0) is 10.8 Å². The number of nitrogens with one attached hydrogen (secondary N) is 1. The number of aliphatic hydroxyl groups excluding tert-OH is 1. The first kappa shape index (κ1) is 48.6. The molecule has 0 radical (unpaired) electrons. The standard InChI is InChI=1S/C28H30ClFN8O.C25H23ClFN7S/c29-23-17(5-8-32-27(23)38-9-6-16(12-38)14-39)24-25-26(36-35-24)34-22(11-33-25)37-10-7-18-20(13-37)28(18,15-31)19-3-1-2-4-21(19)30;26-22-19(7-9-30-23(22)29)35-21-11-31-24-18(32-21)5-6-20(33-24)34-10-8-14-16(12-34)25(14,13-28)15-3-1-2-4-17(15)27/h1-5,8,11,16,18,20,39H,6-7,9-10,12-15,31H2,(H,34,35,36);1-7,9,11,14,16H,8,10,12-13,28H2,(H2,29,30)/t16-,18+,20-,28+;14-,16+,25-/m01/s1. The van der Waals surface area contributed by atoms with Crippen molar-refractivity contribution >= 4 is 80.6 Å². The fraction of sp³-hybridized carbons (Fsp3) is 0.358. The Kier molecular flexibility index (Phi) is 12.7. The van der Waals surface area contributed by atoms with E-state index >= 15 is 0 Å². The highest BCUT2D eigenvalue weighted by Gasteiger charge is 2.67. The predicted octanol–water partition coefficient (Wildman–Crippen LogP) is 7.68. The number of piperidine rings is 2. The van der Waals surface area contributed by atoms with Crippen molar-refractivity contribution in [2.24, 2.45) is 41.1 Å². The Balaban J connectivity index is 0.000000151. The van der Waals surface area contributed by atoms with Gasteiger partial charge in [0.1, 0.15) is 51.0 Å². The van der Waals surface area contributed by atoms with Gasteiger partial charge in [-0.2, -0.15) is 5.10 Å². The number of benzene rings is 2. The maximum absolute atomic E-state index is 14.7. The van der Waals surface area contributed by atoms with E-state index < -0.39 is 0 Å². The van der Waals surface area contributed by atoms with E-state index in [-0.39, 0.29) is 46.7 Å². The van der Waals surface area contributed by atoms with Crippen LogP contribution in [-0.4, -0.2) is 109 Å². The number of anilines is 4. The summed E-state index contributed by atoms with van der Waals surface area (Å²) in [5, 5.41) is 18.7. The molecule has 2 aromatic carbocycles. The van der Waals surface area contributed by atoms with E-state index in [0.29, 0.717) is 79.8 Å². The topological polar surface area (TPSA) is 227 Å². The van der Waals surface area contributed by atoms with E-state index in [9.17, 15) is 13.9 Å². The minimum absolute atomic E-state index is 0.158. The average Bonchev–Trinajstić information content (AvgIpc) is 4.07. The number of aliphatic hydroxyl groups is 1. The lowest BCUT2D eigenvalue weighted by atomic mass is 9.91. The lowest BCUT2D eigenvalue weighted by Gasteiger charge is -2.27. The lowest BCUT2D eigenvalue weighted by molar-refractivity contribution is 0.238. The number of aromatic amines is 1. The van der Waals surface area contributed by atoms with Crippen LogP contribution in [0.15, 0.2) is 108 Å². The number of hydrogen-bond acceptors (Lipinski definition) is 16. The number of nitrogens with zero attached hydrogens (tertiary/aromatic N) is 11. The fourth-order valence-corrected chi connectivity index (χ4v) is 13.9. The van der Waals surface area contributed by atoms with Gasteiger partial charge in [0.05, 0.1) is 28.1 Å². The van der Waals surface area contributed by atoms with Gasteiger partial charge in [-0.05, 0) is 90.5 Å². The summed E-state index contributed by atoms with van der Waals surface area (Å²) >= 11 is 14.5. The van der Waals surface area contributed by atoms with Crippen LogP contribution < -0.4 is 31.9 Å². The Morgan fingerprint density at radius 2 is 1.32 bits per heavy atom.